The van der Waals surface area contributed by atoms with Crippen molar-refractivity contribution in [2.24, 2.45) is 0 Å². The van der Waals surface area contributed by atoms with E-state index in [0.717, 1.165) is 4.57 Å². The number of carbonyl (C=O) groups is 5. The minimum Gasteiger partial charge on any atom is -0.443 e. The number of rotatable bonds is 7. The normalized spacial score (nSPS) is 15.1. The van der Waals surface area contributed by atoms with Gasteiger partial charge in [-0.05, 0) is 27.2 Å². The maximum absolute atomic E-state index is 12.6. The van der Waals surface area contributed by atoms with E-state index in [9.17, 15) is 24.0 Å². The third kappa shape index (κ3) is 6.39. The van der Waals surface area contributed by atoms with Crippen LogP contribution in [0.15, 0.2) is 12.5 Å². The van der Waals surface area contributed by atoms with E-state index in [1.807, 2.05) is 0 Å². The molecule has 1 aromatic rings. The maximum atomic E-state index is 12.6. The summed E-state index contributed by atoms with van der Waals surface area (Å²) in [5, 5.41) is 2.94. The van der Waals surface area contributed by atoms with Crippen molar-refractivity contribution in [3.05, 3.63) is 18.2 Å². The fourth-order valence-corrected chi connectivity index (χ4v) is 2.59. The van der Waals surface area contributed by atoms with Crippen LogP contribution in [0, 0.1) is 0 Å². The summed E-state index contributed by atoms with van der Waals surface area (Å²) in [6.07, 6.45) is 2.49. The zero-order chi connectivity index (χ0) is 22.5. The molecule has 1 N–H and O–H groups in total. The first kappa shape index (κ1) is 23.0. The summed E-state index contributed by atoms with van der Waals surface area (Å²) in [4.78, 5) is 69.1. The fraction of sp³-hybridized carbons (Fsp3) is 0.579. The van der Waals surface area contributed by atoms with Crippen LogP contribution < -0.4 is 5.32 Å². The van der Waals surface area contributed by atoms with Crippen LogP contribution in [0.4, 0.5) is 4.79 Å². The van der Waals surface area contributed by atoms with E-state index < -0.39 is 41.4 Å². The van der Waals surface area contributed by atoms with Gasteiger partial charge in [-0.15, -0.1) is 5.06 Å². The lowest BCUT2D eigenvalue weighted by Gasteiger charge is -2.20. The van der Waals surface area contributed by atoms with Crippen LogP contribution in [0.25, 0.3) is 0 Å². The van der Waals surface area contributed by atoms with Crippen molar-refractivity contribution in [2.45, 2.75) is 71.4 Å². The second-order valence-corrected chi connectivity index (χ2v) is 7.82. The van der Waals surface area contributed by atoms with Crippen molar-refractivity contribution in [3.8, 4) is 0 Å². The van der Waals surface area contributed by atoms with Gasteiger partial charge in [0.05, 0.1) is 5.69 Å². The molecule has 3 amide bonds. The number of amides is 3. The first-order valence-corrected chi connectivity index (χ1v) is 9.63. The van der Waals surface area contributed by atoms with E-state index in [1.165, 1.54) is 12.5 Å². The van der Waals surface area contributed by atoms with E-state index in [2.05, 4.69) is 10.3 Å². The van der Waals surface area contributed by atoms with Crippen molar-refractivity contribution >= 4 is 29.8 Å². The summed E-state index contributed by atoms with van der Waals surface area (Å²) >= 11 is 0. The molecular formula is C19H26N4O7. The van der Waals surface area contributed by atoms with Crippen molar-refractivity contribution < 1.29 is 33.5 Å². The molecule has 11 heteroatoms. The Morgan fingerprint density at radius 1 is 1.20 bits per heavy atom. The number of hydroxylamine groups is 2. The summed E-state index contributed by atoms with van der Waals surface area (Å²) in [6, 6.07) is -1.20. The molecule has 1 aliphatic heterocycles. The number of ether oxygens (including phenoxy) is 1. The molecule has 1 aliphatic rings. The van der Waals surface area contributed by atoms with Crippen molar-refractivity contribution in [2.75, 3.05) is 0 Å². The van der Waals surface area contributed by atoms with Crippen LogP contribution >= 0.6 is 0 Å². The first-order valence-electron chi connectivity index (χ1n) is 9.63. The predicted octanol–water partition coefficient (Wildman–Crippen LogP) is 1.10. The lowest BCUT2D eigenvalue weighted by atomic mass is 10.1. The molecule has 0 radical (unpaired) electrons. The molecule has 164 valence electrons. The molecule has 2 rings (SSSR count). The van der Waals surface area contributed by atoms with Gasteiger partial charge in [-0.1, -0.05) is 6.92 Å². The second-order valence-electron chi connectivity index (χ2n) is 7.82. The molecule has 30 heavy (non-hydrogen) atoms. The summed E-state index contributed by atoms with van der Waals surface area (Å²) < 4.78 is 6.35. The summed E-state index contributed by atoms with van der Waals surface area (Å²) in [5.74, 6) is -2.62. The Hall–Kier alpha value is -3.24. The van der Waals surface area contributed by atoms with E-state index >= 15 is 0 Å². The van der Waals surface area contributed by atoms with Gasteiger partial charge in [0.2, 0.25) is 5.91 Å². The Labute approximate surface area is 173 Å². The van der Waals surface area contributed by atoms with Gasteiger partial charge in [0.1, 0.15) is 18.0 Å². The molecular weight excluding hydrogens is 396 g/mol. The number of hydrogen-bond acceptors (Lipinski definition) is 8. The highest BCUT2D eigenvalue weighted by Gasteiger charge is 2.35. The molecule has 1 atom stereocenters. The Morgan fingerprint density at radius 2 is 1.83 bits per heavy atom. The SMILES string of the molecule is CCCC(=O)N[C@@H](Cc1cn(C(=O)OC(C)(C)C)cn1)C(=O)ON1C(=O)CCC1=O. The monoisotopic (exact) mass is 422 g/mol. The number of imide groups is 1. The van der Waals surface area contributed by atoms with Crippen molar-refractivity contribution in [1.29, 1.82) is 0 Å². The van der Waals surface area contributed by atoms with E-state index in [4.69, 9.17) is 9.57 Å². The molecule has 2 heterocycles. The molecule has 0 aromatic carbocycles. The zero-order valence-electron chi connectivity index (χ0n) is 17.5. The van der Waals surface area contributed by atoms with E-state index in [0.29, 0.717) is 17.2 Å². The van der Waals surface area contributed by atoms with Gasteiger partial charge in [-0.25, -0.2) is 19.1 Å². The summed E-state index contributed by atoms with van der Waals surface area (Å²) in [7, 11) is 0. The zero-order valence-corrected chi connectivity index (χ0v) is 17.5. The van der Waals surface area contributed by atoms with E-state index in [-0.39, 0.29) is 25.7 Å². The highest BCUT2D eigenvalue weighted by atomic mass is 16.7. The molecule has 1 fully saturated rings. The lowest BCUT2D eigenvalue weighted by molar-refractivity contribution is -0.199. The molecule has 0 saturated carbocycles. The van der Waals surface area contributed by atoms with Gasteiger partial charge in [-0.2, -0.15) is 0 Å². The quantitative estimate of drug-likeness (QED) is 0.645. The summed E-state index contributed by atoms with van der Waals surface area (Å²) in [6.45, 7) is 6.97. The third-order valence-electron chi connectivity index (χ3n) is 3.94. The molecule has 11 nitrogen and oxygen atoms in total. The van der Waals surface area contributed by atoms with Crippen molar-refractivity contribution in [3.63, 3.8) is 0 Å². The Morgan fingerprint density at radius 3 is 2.40 bits per heavy atom. The molecule has 0 aliphatic carbocycles. The van der Waals surface area contributed by atoms with Crippen LogP contribution in [0.2, 0.25) is 0 Å². The Balaban J connectivity index is 2.12. The number of imidazole rings is 1. The topological polar surface area (TPSA) is 137 Å². The average Bonchev–Trinajstić information content (AvgIpc) is 3.22. The third-order valence-corrected chi connectivity index (χ3v) is 3.94. The smallest absolute Gasteiger partial charge is 0.419 e. The van der Waals surface area contributed by atoms with Crippen LogP contribution in [0.1, 0.15) is 59.1 Å². The van der Waals surface area contributed by atoms with Gasteiger partial charge in [-0.3, -0.25) is 14.4 Å². The van der Waals surface area contributed by atoms with Crippen LogP contribution in [-0.2, 0) is 35.2 Å². The number of nitrogens with zero attached hydrogens (tertiary/aromatic N) is 3. The lowest BCUT2D eigenvalue weighted by Crippen LogP contribution is -2.46. The van der Waals surface area contributed by atoms with Gasteiger partial charge >= 0.3 is 12.1 Å². The minimum atomic E-state index is -1.20. The molecule has 1 aromatic heterocycles. The minimum absolute atomic E-state index is 0.0424. The molecule has 0 bridgehead atoms. The number of aromatic nitrogens is 2. The molecule has 0 spiro atoms. The van der Waals surface area contributed by atoms with Gasteiger partial charge in [0, 0.05) is 31.9 Å². The number of carbonyl (C=O) groups excluding carboxylic acids is 5. The van der Waals surface area contributed by atoms with Gasteiger partial charge in [0.15, 0.2) is 0 Å². The highest BCUT2D eigenvalue weighted by molar-refractivity contribution is 6.02. The fourth-order valence-electron chi connectivity index (χ4n) is 2.59. The molecule has 0 unspecified atom stereocenters. The Bertz CT molecular complexity index is 824. The van der Waals surface area contributed by atoms with Crippen LogP contribution in [0.5, 0.6) is 0 Å². The van der Waals surface area contributed by atoms with E-state index in [1.54, 1.807) is 27.7 Å². The maximum Gasteiger partial charge on any atom is 0.419 e. The van der Waals surface area contributed by atoms with Gasteiger partial charge < -0.3 is 14.9 Å². The first-order chi connectivity index (χ1) is 14.0. The van der Waals surface area contributed by atoms with Crippen molar-refractivity contribution in [1.82, 2.24) is 19.9 Å². The number of hydrogen-bond donors (Lipinski definition) is 1. The highest BCUT2D eigenvalue weighted by Crippen LogP contribution is 2.14. The number of nitrogens with one attached hydrogen (secondary N) is 1. The largest absolute Gasteiger partial charge is 0.443 e. The van der Waals surface area contributed by atoms with Crippen LogP contribution in [0.3, 0.4) is 0 Å². The summed E-state index contributed by atoms with van der Waals surface area (Å²) in [5.41, 5.74) is -0.393. The average molecular weight is 422 g/mol. The van der Waals surface area contributed by atoms with Crippen LogP contribution in [-0.4, -0.2) is 56.0 Å². The Kier molecular flexibility index (Phi) is 7.30. The van der Waals surface area contributed by atoms with Gasteiger partial charge in [0.25, 0.3) is 11.8 Å². The second kappa shape index (κ2) is 9.51. The standard InChI is InChI=1S/C19H26N4O7/c1-5-6-14(24)21-13(17(27)30-23-15(25)7-8-16(23)26)9-12-10-22(11-20-12)18(28)29-19(2,3)4/h10-11,13H,5-9H2,1-4H3,(H,21,24)/t13-/m0/s1. The predicted molar refractivity (Wildman–Crippen MR) is 102 cm³/mol. The molecule has 1 saturated heterocycles.